The molecule has 0 atom stereocenters. The highest BCUT2D eigenvalue weighted by atomic mass is 15.1. The molecular formula is C14H19N5. The highest BCUT2D eigenvalue weighted by molar-refractivity contribution is 5.60. The van der Waals surface area contributed by atoms with E-state index in [-0.39, 0.29) is 11.4 Å². The Morgan fingerprint density at radius 2 is 1.89 bits per heavy atom. The summed E-state index contributed by atoms with van der Waals surface area (Å²) in [5.74, 6) is 1.58. The third-order valence-corrected chi connectivity index (χ3v) is 2.85. The molecule has 0 aliphatic rings. The normalized spacial score (nSPS) is 11.6. The largest absolute Gasteiger partial charge is 0.368 e. The van der Waals surface area contributed by atoms with Gasteiger partial charge in [-0.2, -0.15) is 9.97 Å². The minimum Gasteiger partial charge on any atom is -0.368 e. The van der Waals surface area contributed by atoms with Crippen LogP contribution >= 0.6 is 0 Å². The second-order valence-corrected chi connectivity index (χ2v) is 5.48. The van der Waals surface area contributed by atoms with Gasteiger partial charge in [-0.15, -0.1) is 0 Å². The number of nitrogen functional groups attached to an aromatic ring is 1. The highest BCUT2D eigenvalue weighted by Crippen LogP contribution is 2.24. The first-order valence-electron chi connectivity index (χ1n) is 6.37. The van der Waals surface area contributed by atoms with Crippen LogP contribution in [0.25, 0.3) is 11.4 Å². The zero-order chi connectivity index (χ0) is 14.0. The van der Waals surface area contributed by atoms with Crippen molar-refractivity contribution in [3.8, 4) is 11.4 Å². The molecule has 0 unspecified atom stereocenters. The summed E-state index contributed by atoms with van der Waals surface area (Å²) < 4.78 is 0. The number of nitrogens with two attached hydrogens (primary N) is 1. The summed E-state index contributed by atoms with van der Waals surface area (Å²) in [5.41, 5.74) is 7.72. The summed E-state index contributed by atoms with van der Waals surface area (Å²) in [4.78, 5) is 17.2. The molecule has 0 fully saturated rings. The number of hydrogen-bond donors (Lipinski definition) is 1. The van der Waals surface area contributed by atoms with Crippen molar-refractivity contribution in [2.24, 2.45) is 0 Å². The summed E-state index contributed by atoms with van der Waals surface area (Å²) in [6.07, 6.45) is 4.46. The molecule has 0 saturated carbocycles. The number of aromatic nitrogens is 4. The van der Waals surface area contributed by atoms with Crippen LogP contribution in [0.1, 0.15) is 39.1 Å². The fourth-order valence-electron chi connectivity index (χ4n) is 1.78. The van der Waals surface area contributed by atoms with E-state index in [4.69, 9.17) is 5.73 Å². The maximum Gasteiger partial charge on any atom is 0.223 e. The van der Waals surface area contributed by atoms with Gasteiger partial charge >= 0.3 is 0 Å². The van der Waals surface area contributed by atoms with Gasteiger partial charge in [0.2, 0.25) is 5.95 Å². The summed E-state index contributed by atoms with van der Waals surface area (Å²) in [6, 6.07) is 1.92. The van der Waals surface area contributed by atoms with Crippen LogP contribution < -0.4 is 5.73 Å². The Morgan fingerprint density at radius 1 is 1.16 bits per heavy atom. The zero-order valence-electron chi connectivity index (χ0n) is 11.8. The van der Waals surface area contributed by atoms with E-state index in [0.717, 1.165) is 17.5 Å². The molecule has 100 valence electrons. The van der Waals surface area contributed by atoms with Gasteiger partial charge in [-0.25, -0.2) is 4.98 Å². The Balaban J connectivity index is 2.60. The molecule has 0 spiro atoms. The molecule has 0 aliphatic carbocycles. The van der Waals surface area contributed by atoms with Gasteiger partial charge in [-0.05, 0) is 18.1 Å². The Kier molecular flexibility index (Phi) is 3.46. The Bertz CT molecular complexity index is 587. The quantitative estimate of drug-likeness (QED) is 0.893. The van der Waals surface area contributed by atoms with Crippen LogP contribution in [0.15, 0.2) is 18.5 Å². The molecule has 2 aromatic heterocycles. The number of hydrogen-bond acceptors (Lipinski definition) is 5. The average Bonchev–Trinajstić information content (AvgIpc) is 2.37. The van der Waals surface area contributed by atoms with Crippen LogP contribution in [0.4, 0.5) is 5.95 Å². The molecule has 0 aromatic carbocycles. The van der Waals surface area contributed by atoms with Crippen molar-refractivity contribution in [2.45, 2.75) is 39.5 Å². The molecule has 5 heteroatoms. The first-order valence-corrected chi connectivity index (χ1v) is 6.37. The monoisotopic (exact) mass is 257 g/mol. The van der Waals surface area contributed by atoms with Crippen LogP contribution in [0, 0.1) is 0 Å². The Morgan fingerprint density at radius 3 is 2.53 bits per heavy atom. The lowest BCUT2D eigenvalue weighted by molar-refractivity contribution is 0.544. The molecular weight excluding hydrogens is 238 g/mol. The summed E-state index contributed by atoms with van der Waals surface area (Å²) in [7, 11) is 0. The molecule has 2 rings (SSSR count). The molecule has 2 aromatic rings. The summed E-state index contributed by atoms with van der Waals surface area (Å²) >= 11 is 0. The van der Waals surface area contributed by atoms with Crippen LogP contribution in [0.3, 0.4) is 0 Å². The first-order chi connectivity index (χ1) is 8.91. The van der Waals surface area contributed by atoms with Crippen molar-refractivity contribution < 1.29 is 0 Å². The standard InChI is InChI=1S/C14H19N5/c1-5-9-8-16-7-6-10(9)11-17-12(14(2,3)4)19-13(15)18-11/h6-8H,5H2,1-4H3,(H2,15,17,18,19). The van der Waals surface area contributed by atoms with Crippen LogP contribution in [-0.4, -0.2) is 19.9 Å². The molecule has 19 heavy (non-hydrogen) atoms. The van der Waals surface area contributed by atoms with Crippen LogP contribution in [0.5, 0.6) is 0 Å². The van der Waals surface area contributed by atoms with Crippen LogP contribution in [0.2, 0.25) is 0 Å². The lowest BCUT2D eigenvalue weighted by atomic mass is 9.95. The van der Waals surface area contributed by atoms with Crippen molar-refractivity contribution in [3.63, 3.8) is 0 Å². The van der Waals surface area contributed by atoms with E-state index in [1.807, 2.05) is 12.3 Å². The van der Waals surface area contributed by atoms with E-state index >= 15 is 0 Å². The fourth-order valence-corrected chi connectivity index (χ4v) is 1.78. The minimum atomic E-state index is -0.161. The molecule has 0 radical (unpaired) electrons. The SMILES string of the molecule is CCc1cnccc1-c1nc(N)nc(C(C)(C)C)n1. The number of pyridine rings is 1. The van der Waals surface area contributed by atoms with Gasteiger partial charge in [0, 0.05) is 23.4 Å². The predicted molar refractivity (Wildman–Crippen MR) is 75.5 cm³/mol. The number of anilines is 1. The number of aryl methyl sites for hydroxylation is 1. The van der Waals surface area contributed by atoms with Gasteiger partial charge < -0.3 is 5.73 Å². The molecule has 0 aliphatic heterocycles. The summed E-state index contributed by atoms with van der Waals surface area (Å²) in [6.45, 7) is 8.24. The fraction of sp³-hybridized carbons (Fsp3) is 0.429. The van der Waals surface area contributed by atoms with E-state index in [0.29, 0.717) is 11.6 Å². The smallest absolute Gasteiger partial charge is 0.223 e. The van der Waals surface area contributed by atoms with Gasteiger partial charge in [0.25, 0.3) is 0 Å². The Labute approximate surface area is 113 Å². The van der Waals surface area contributed by atoms with Gasteiger partial charge in [0.05, 0.1) is 0 Å². The second-order valence-electron chi connectivity index (χ2n) is 5.48. The maximum atomic E-state index is 5.81. The number of nitrogens with zero attached hydrogens (tertiary/aromatic N) is 4. The molecule has 2 heterocycles. The number of rotatable bonds is 2. The van der Waals surface area contributed by atoms with Crippen LogP contribution in [-0.2, 0) is 11.8 Å². The lowest BCUT2D eigenvalue weighted by Crippen LogP contribution is -2.18. The molecule has 0 amide bonds. The molecule has 0 saturated heterocycles. The van der Waals surface area contributed by atoms with E-state index in [1.165, 1.54) is 0 Å². The third-order valence-electron chi connectivity index (χ3n) is 2.85. The predicted octanol–water partition coefficient (Wildman–Crippen LogP) is 2.38. The Hall–Kier alpha value is -2.04. The van der Waals surface area contributed by atoms with Crippen molar-refractivity contribution in [1.82, 2.24) is 19.9 Å². The third kappa shape index (κ3) is 2.86. The topological polar surface area (TPSA) is 77.6 Å². The average molecular weight is 257 g/mol. The van der Waals surface area contributed by atoms with E-state index in [1.54, 1.807) is 6.20 Å². The van der Waals surface area contributed by atoms with E-state index in [2.05, 4.69) is 47.6 Å². The highest BCUT2D eigenvalue weighted by Gasteiger charge is 2.20. The van der Waals surface area contributed by atoms with Crippen molar-refractivity contribution in [1.29, 1.82) is 0 Å². The van der Waals surface area contributed by atoms with Crippen molar-refractivity contribution in [3.05, 3.63) is 29.8 Å². The van der Waals surface area contributed by atoms with Gasteiger partial charge in [-0.1, -0.05) is 27.7 Å². The summed E-state index contributed by atoms with van der Waals surface area (Å²) in [5, 5.41) is 0. The maximum absolute atomic E-state index is 5.81. The van der Waals surface area contributed by atoms with Gasteiger partial charge in [0.15, 0.2) is 5.82 Å². The zero-order valence-corrected chi connectivity index (χ0v) is 11.8. The van der Waals surface area contributed by atoms with Gasteiger partial charge in [-0.3, -0.25) is 4.98 Å². The first kappa shape index (κ1) is 13.4. The van der Waals surface area contributed by atoms with E-state index < -0.39 is 0 Å². The minimum absolute atomic E-state index is 0.161. The van der Waals surface area contributed by atoms with Crippen molar-refractivity contribution in [2.75, 3.05) is 5.73 Å². The molecule has 0 bridgehead atoms. The van der Waals surface area contributed by atoms with Gasteiger partial charge in [0.1, 0.15) is 5.82 Å². The second kappa shape index (κ2) is 4.91. The van der Waals surface area contributed by atoms with Crippen molar-refractivity contribution >= 4 is 5.95 Å². The molecule has 2 N–H and O–H groups in total. The molecule has 5 nitrogen and oxygen atoms in total. The lowest BCUT2D eigenvalue weighted by Gasteiger charge is -2.17. The van der Waals surface area contributed by atoms with E-state index in [9.17, 15) is 0 Å².